The van der Waals surface area contributed by atoms with Gasteiger partial charge in [0.25, 0.3) is 5.89 Å². The fourth-order valence-electron chi connectivity index (χ4n) is 1.23. The van der Waals surface area contributed by atoms with E-state index >= 15 is 0 Å². The van der Waals surface area contributed by atoms with Crippen LogP contribution in [0.2, 0.25) is 0 Å². The molecule has 0 bridgehead atoms. The van der Waals surface area contributed by atoms with Crippen molar-refractivity contribution in [2.75, 3.05) is 0 Å². The summed E-state index contributed by atoms with van der Waals surface area (Å²) in [6, 6.07) is 7.47. The number of hydrogen-bond donors (Lipinski definition) is 0. The molecule has 0 unspecified atom stereocenters. The summed E-state index contributed by atoms with van der Waals surface area (Å²) in [5, 5.41) is 7.26. The molecule has 0 aliphatic rings. The fraction of sp³-hybridized carbons (Fsp3) is 0. The summed E-state index contributed by atoms with van der Waals surface area (Å²) in [6.07, 6.45) is 1.24. The van der Waals surface area contributed by atoms with Crippen molar-refractivity contribution < 1.29 is 8.83 Å². The molecule has 5 heteroatoms. The van der Waals surface area contributed by atoms with Crippen LogP contribution in [0.4, 0.5) is 0 Å². The van der Waals surface area contributed by atoms with Gasteiger partial charge in [0.15, 0.2) is 5.58 Å². The Hall–Kier alpha value is -2.17. The number of rotatable bonds is 1. The molecule has 0 saturated carbocycles. The summed E-state index contributed by atoms with van der Waals surface area (Å²) in [6.45, 7) is 0. The average molecular weight is 187 g/mol. The van der Waals surface area contributed by atoms with E-state index in [1.165, 1.54) is 6.39 Å². The van der Waals surface area contributed by atoms with E-state index in [9.17, 15) is 0 Å². The first kappa shape index (κ1) is 7.25. The van der Waals surface area contributed by atoms with Crippen molar-refractivity contribution in [2.24, 2.45) is 0 Å². The van der Waals surface area contributed by atoms with E-state index in [0.29, 0.717) is 17.4 Å². The minimum atomic E-state index is 0.293. The van der Waals surface area contributed by atoms with Gasteiger partial charge in [-0.05, 0) is 12.1 Å². The van der Waals surface area contributed by atoms with Crippen molar-refractivity contribution in [1.82, 2.24) is 15.2 Å². The van der Waals surface area contributed by atoms with Gasteiger partial charge in [0, 0.05) is 0 Å². The first-order valence-corrected chi connectivity index (χ1v) is 4.05. The number of aromatic nitrogens is 3. The highest BCUT2D eigenvalue weighted by molar-refractivity contribution is 5.74. The Kier molecular flexibility index (Phi) is 1.38. The Balaban J connectivity index is 2.24. The molecule has 0 spiro atoms. The van der Waals surface area contributed by atoms with E-state index in [-0.39, 0.29) is 0 Å². The van der Waals surface area contributed by atoms with Crippen molar-refractivity contribution >= 4 is 11.1 Å². The molecule has 0 atom stereocenters. The lowest BCUT2D eigenvalue weighted by molar-refractivity contribution is 0.524. The summed E-state index contributed by atoms with van der Waals surface area (Å²) >= 11 is 0. The second-order valence-electron chi connectivity index (χ2n) is 2.73. The molecule has 0 radical (unpaired) electrons. The maximum atomic E-state index is 5.41. The maximum absolute atomic E-state index is 5.41. The van der Waals surface area contributed by atoms with Crippen LogP contribution < -0.4 is 0 Å². The van der Waals surface area contributed by atoms with Gasteiger partial charge in [-0.25, -0.2) is 4.98 Å². The number of hydrogen-bond acceptors (Lipinski definition) is 5. The lowest BCUT2D eigenvalue weighted by atomic mass is 10.3. The minimum absolute atomic E-state index is 0.293. The van der Waals surface area contributed by atoms with E-state index in [2.05, 4.69) is 15.2 Å². The van der Waals surface area contributed by atoms with Crippen LogP contribution in [0.1, 0.15) is 0 Å². The molecule has 1 aromatic carbocycles. The van der Waals surface area contributed by atoms with Crippen LogP contribution in [0, 0.1) is 0 Å². The lowest BCUT2D eigenvalue weighted by Crippen LogP contribution is -1.75. The van der Waals surface area contributed by atoms with Gasteiger partial charge in [-0.1, -0.05) is 12.1 Å². The topological polar surface area (TPSA) is 65.0 Å². The second kappa shape index (κ2) is 2.66. The molecule has 2 aromatic heterocycles. The second-order valence-corrected chi connectivity index (χ2v) is 2.73. The van der Waals surface area contributed by atoms with Crippen molar-refractivity contribution in [1.29, 1.82) is 0 Å². The molecule has 0 aliphatic carbocycles. The molecule has 3 rings (SSSR count). The summed E-state index contributed by atoms with van der Waals surface area (Å²) < 4.78 is 10.4. The van der Waals surface area contributed by atoms with Crippen LogP contribution in [-0.2, 0) is 0 Å². The van der Waals surface area contributed by atoms with Crippen LogP contribution in [0.5, 0.6) is 0 Å². The lowest BCUT2D eigenvalue weighted by Gasteiger charge is -1.81. The largest absolute Gasteiger partial charge is 0.432 e. The Bertz CT molecular complexity index is 523. The molecule has 5 nitrogen and oxygen atoms in total. The number of benzene rings is 1. The standard InChI is InChI=1S/C9H5N3O2/c1-2-4-7-6(3-1)11-8(14-7)9-12-10-5-13-9/h1-5H. The minimum Gasteiger partial charge on any atom is -0.432 e. The van der Waals surface area contributed by atoms with Crippen LogP contribution in [0.25, 0.3) is 22.9 Å². The molecule has 68 valence electrons. The van der Waals surface area contributed by atoms with Gasteiger partial charge in [0.05, 0.1) is 0 Å². The van der Waals surface area contributed by atoms with E-state index < -0.39 is 0 Å². The summed E-state index contributed by atoms with van der Waals surface area (Å²) in [5.41, 5.74) is 1.49. The van der Waals surface area contributed by atoms with Gasteiger partial charge in [-0.15, -0.1) is 10.2 Å². The first-order valence-electron chi connectivity index (χ1n) is 4.05. The quantitative estimate of drug-likeness (QED) is 0.581. The van der Waals surface area contributed by atoms with E-state index in [1.54, 1.807) is 0 Å². The molecule has 2 heterocycles. The number of fused-ring (bicyclic) bond motifs is 1. The molecule has 0 aliphatic heterocycles. The van der Waals surface area contributed by atoms with Crippen molar-refractivity contribution in [2.45, 2.75) is 0 Å². The number of para-hydroxylation sites is 2. The van der Waals surface area contributed by atoms with E-state index in [4.69, 9.17) is 8.83 Å². The van der Waals surface area contributed by atoms with Gasteiger partial charge >= 0.3 is 5.89 Å². The zero-order valence-electron chi connectivity index (χ0n) is 7.04. The van der Waals surface area contributed by atoms with Crippen LogP contribution in [0.3, 0.4) is 0 Å². The first-order chi connectivity index (χ1) is 6.93. The van der Waals surface area contributed by atoms with Crippen LogP contribution in [-0.4, -0.2) is 15.2 Å². The molecular weight excluding hydrogens is 182 g/mol. The third-order valence-corrected chi connectivity index (χ3v) is 1.84. The molecule has 0 N–H and O–H groups in total. The smallest absolute Gasteiger partial charge is 0.304 e. The molecular formula is C9H5N3O2. The Morgan fingerprint density at radius 3 is 2.79 bits per heavy atom. The van der Waals surface area contributed by atoms with Gasteiger partial charge in [-0.2, -0.15) is 0 Å². The van der Waals surface area contributed by atoms with Crippen molar-refractivity contribution in [3.8, 4) is 11.8 Å². The van der Waals surface area contributed by atoms with Crippen molar-refractivity contribution in [3.05, 3.63) is 30.7 Å². The van der Waals surface area contributed by atoms with Gasteiger partial charge in [0.2, 0.25) is 6.39 Å². The highest BCUT2D eigenvalue weighted by atomic mass is 16.4. The Morgan fingerprint density at radius 2 is 2.00 bits per heavy atom. The third-order valence-electron chi connectivity index (χ3n) is 1.84. The third kappa shape index (κ3) is 0.990. The highest BCUT2D eigenvalue weighted by Gasteiger charge is 2.11. The average Bonchev–Trinajstić information content (AvgIpc) is 2.86. The summed E-state index contributed by atoms with van der Waals surface area (Å²) in [7, 11) is 0. The molecule has 0 saturated heterocycles. The number of nitrogens with zero attached hydrogens (tertiary/aromatic N) is 3. The normalized spacial score (nSPS) is 10.9. The van der Waals surface area contributed by atoms with Crippen LogP contribution in [0.15, 0.2) is 39.5 Å². The van der Waals surface area contributed by atoms with Gasteiger partial charge in [-0.3, -0.25) is 0 Å². The fourth-order valence-corrected chi connectivity index (χ4v) is 1.23. The maximum Gasteiger partial charge on any atom is 0.304 e. The zero-order valence-corrected chi connectivity index (χ0v) is 7.04. The predicted octanol–water partition coefficient (Wildman–Crippen LogP) is 1.88. The van der Waals surface area contributed by atoms with Gasteiger partial charge < -0.3 is 8.83 Å². The Morgan fingerprint density at radius 1 is 1.07 bits per heavy atom. The van der Waals surface area contributed by atoms with Gasteiger partial charge in [0.1, 0.15) is 5.52 Å². The monoisotopic (exact) mass is 187 g/mol. The SMILES string of the molecule is c1ccc2oc(-c3nnco3)nc2c1. The molecule has 3 aromatic rings. The molecule has 0 amide bonds. The number of oxazole rings is 1. The van der Waals surface area contributed by atoms with E-state index in [0.717, 1.165) is 5.52 Å². The predicted molar refractivity (Wildman–Crippen MR) is 47.3 cm³/mol. The molecule has 0 fully saturated rings. The molecule has 14 heavy (non-hydrogen) atoms. The van der Waals surface area contributed by atoms with Crippen molar-refractivity contribution in [3.63, 3.8) is 0 Å². The zero-order chi connectivity index (χ0) is 9.38. The summed E-state index contributed by atoms with van der Waals surface area (Å²) in [5.74, 6) is 0.643. The summed E-state index contributed by atoms with van der Waals surface area (Å²) in [4.78, 5) is 4.19. The Labute approximate surface area is 78.4 Å². The van der Waals surface area contributed by atoms with Crippen LogP contribution >= 0.6 is 0 Å². The highest BCUT2D eigenvalue weighted by Crippen LogP contribution is 2.21. The van der Waals surface area contributed by atoms with E-state index in [1.807, 2.05) is 24.3 Å².